The van der Waals surface area contributed by atoms with E-state index in [2.05, 4.69) is 15.0 Å². The maximum atomic E-state index is 14.0. The first-order chi connectivity index (χ1) is 17.1. The molecule has 2 amide bonds. The minimum absolute atomic E-state index is 0.341. The largest absolute Gasteiger partial charge is 0.325 e. The summed E-state index contributed by atoms with van der Waals surface area (Å²) >= 11 is 0. The van der Waals surface area contributed by atoms with E-state index in [-0.39, 0.29) is 0 Å². The molecule has 4 rings (SSSR count). The number of sulfonamides is 1. The summed E-state index contributed by atoms with van der Waals surface area (Å²) in [5.74, 6) is -2.84. The maximum absolute atomic E-state index is 14.0. The Morgan fingerprint density at radius 3 is 2.33 bits per heavy atom. The highest BCUT2D eigenvalue weighted by Gasteiger charge is 2.33. The van der Waals surface area contributed by atoms with Gasteiger partial charge in [0.2, 0.25) is 22.1 Å². The van der Waals surface area contributed by atoms with Crippen molar-refractivity contribution >= 4 is 33.2 Å². The average molecular weight is 513 g/mol. The summed E-state index contributed by atoms with van der Waals surface area (Å²) in [7, 11) is -2.84. The molecule has 36 heavy (non-hydrogen) atoms. The van der Waals surface area contributed by atoms with Gasteiger partial charge in [-0.25, -0.2) is 22.2 Å². The Morgan fingerprint density at radius 2 is 1.64 bits per heavy atom. The number of rotatable bonds is 6. The predicted molar refractivity (Wildman–Crippen MR) is 130 cm³/mol. The smallest absolute Gasteiger partial charge is 0.272 e. The second kappa shape index (κ2) is 9.96. The summed E-state index contributed by atoms with van der Waals surface area (Å²) in [5, 5.41) is 2.46. The van der Waals surface area contributed by atoms with E-state index in [0.29, 0.717) is 22.5 Å². The van der Waals surface area contributed by atoms with Crippen molar-refractivity contribution in [3.05, 3.63) is 95.6 Å². The number of nitrogens with zero attached hydrogens (tertiary/aromatic N) is 2. The quantitative estimate of drug-likeness (QED) is 0.529. The lowest BCUT2D eigenvalue weighted by Gasteiger charge is -2.22. The van der Waals surface area contributed by atoms with Gasteiger partial charge in [0.15, 0.2) is 0 Å². The zero-order valence-electron chi connectivity index (χ0n) is 19.3. The third-order valence-corrected chi connectivity index (χ3v) is 7.17. The van der Waals surface area contributed by atoms with Gasteiger partial charge >= 0.3 is 0 Å². The SMILES string of the molecule is CC(NS(=O)(=O)c1ccccc1F)C(=O)NC1N=C(c2ccc(F)cc2)c2ccccc2N(C)C1=O. The van der Waals surface area contributed by atoms with Crippen LogP contribution in [0.3, 0.4) is 0 Å². The molecule has 0 saturated heterocycles. The first-order valence-corrected chi connectivity index (χ1v) is 12.3. The van der Waals surface area contributed by atoms with Gasteiger partial charge in [-0.2, -0.15) is 4.72 Å². The number of aliphatic imine (C=N–C) groups is 1. The van der Waals surface area contributed by atoms with E-state index < -0.39 is 50.6 Å². The van der Waals surface area contributed by atoms with E-state index in [1.807, 2.05) is 0 Å². The molecule has 1 heterocycles. The van der Waals surface area contributed by atoms with Gasteiger partial charge in [-0.15, -0.1) is 0 Å². The molecular formula is C25H22F2N4O4S. The van der Waals surface area contributed by atoms with E-state index in [0.717, 1.165) is 12.1 Å². The number of carbonyl (C=O) groups is 2. The molecule has 8 nitrogen and oxygen atoms in total. The summed E-state index contributed by atoms with van der Waals surface area (Å²) < 4.78 is 54.8. The number of carbonyl (C=O) groups excluding carboxylic acids is 2. The van der Waals surface area contributed by atoms with Gasteiger partial charge in [-0.1, -0.05) is 30.3 Å². The predicted octanol–water partition coefficient (Wildman–Crippen LogP) is 2.59. The van der Waals surface area contributed by atoms with Crippen molar-refractivity contribution in [2.45, 2.75) is 24.0 Å². The number of anilines is 1. The fraction of sp³-hybridized carbons (Fsp3) is 0.160. The van der Waals surface area contributed by atoms with Crippen molar-refractivity contribution in [2.75, 3.05) is 11.9 Å². The van der Waals surface area contributed by atoms with Crippen molar-refractivity contribution in [1.82, 2.24) is 10.0 Å². The van der Waals surface area contributed by atoms with Gasteiger partial charge < -0.3 is 10.2 Å². The van der Waals surface area contributed by atoms with Crippen LogP contribution in [-0.2, 0) is 19.6 Å². The number of hydrogen-bond donors (Lipinski definition) is 2. The summed E-state index contributed by atoms with van der Waals surface area (Å²) in [6, 6.07) is 15.9. The lowest BCUT2D eigenvalue weighted by atomic mass is 10.0. The zero-order chi connectivity index (χ0) is 26.0. The van der Waals surface area contributed by atoms with Gasteiger partial charge in [-0.05, 0) is 49.4 Å². The molecule has 2 N–H and O–H groups in total. The van der Waals surface area contributed by atoms with E-state index in [1.54, 1.807) is 24.3 Å². The minimum Gasteiger partial charge on any atom is -0.325 e. The fourth-order valence-electron chi connectivity index (χ4n) is 3.73. The third-order valence-electron chi connectivity index (χ3n) is 5.59. The van der Waals surface area contributed by atoms with Gasteiger partial charge in [-0.3, -0.25) is 9.59 Å². The average Bonchev–Trinajstić information content (AvgIpc) is 2.95. The Bertz CT molecular complexity index is 1460. The van der Waals surface area contributed by atoms with Crippen molar-refractivity contribution in [2.24, 2.45) is 4.99 Å². The van der Waals surface area contributed by atoms with Crippen LogP contribution >= 0.6 is 0 Å². The topological polar surface area (TPSA) is 108 Å². The number of hydrogen-bond acceptors (Lipinski definition) is 5. The number of benzene rings is 3. The molecular weight excluding hydrogens is 490 g/mol. The van der Waals surface area contributed by atoms with Crippen LogP contribution in [0.25, 0.3) is 0 Å². The van der Waals surface area contributed by atoms with E-state index >= 15 is 0 Å². The van der Waals surface area contributed by atoms with Crippen molar-refractivity contribution in [3.8, 4) is 0 Å². The second-order valence-electron chi connectivity index (χ2n) is 8.08. The van der Waals surface area contributed by atoms with E-state index in [4.69, 9.17) is 0 Å². The molecule has 3 aromatic rings. The monoisotopic (exact) mass is 512 g/mol. The van der Waals surface area contributed by atoms with Crippen LogP contribution in [0.4, 0.5) is 14.5 Å². The molecule has 0 fully saturated rings. The first kappa shape index (κ1) is 25.1. The normalized spacial score (nSPS) is 16.6. The summed E-state index contributed by atoms with van der Waals surface area (Å²) in [6.07, 6.45) is -1.41. The van der Waals surface area contributed by atoms with Crippen molar-refractivity contribution in [3.63, 3.8) is 0 Å². The number of likely N-dealkylation sites (N-methyl/N-ethyl adjacent to an activating group) is 1. The summed E-state index contributed by atoms with van der Waals surface area (Å²) in [5.41, 5.74) is 1.97. The Labute approximate surface area is 206 Å². The van der Waals surface area contributed by atoms with E-state index in [1.165, 1.54) is 55.3 Å². The summed E-state index contributed by atoms with van der Waals surface area (Å²) in [4.78, 5) is 31.3. The summed E-state index contributed by atoms with van der Waals surface area (Å²) in [6.45, 7) is 1.26. The Morgan fingerprint density at radius 1 is 1.00 bits per heavy atom. The number of benzodiazepines with no additional fused rings is 1. The number of para-hydroxylation sites is 1. The Kier molecular flexibility index (Phi) is 6.95. The molecule has 1 aliphatic heterocycles. The number of fused-ring (bicyclic) bond motifs is 1. The fourth-order valence-corrected chi connectivity index (χ4v) is 5.01. The first-order valence-electron chi connectivity index (χ1n) is 10.9. The van der Waals surface area contributed by atoms with Gasteiger partial charge in [0.05, 0.1) is 17.4 Å². The highest BCUT2D eigenvalue weighted by molar-refractivity contribution is 7.89. The van der Waals surface area contributed by atoms with E-state index in [9.17, 15) is 26.8 Å². The molecule has 0 radical (unpaired) electrons. The molecule has 0 saturated carbocycles. The van der Waals surface area contributed by atoms with Crippen molar-refractivity contribution in [1.29, 1.82) is 0 Å². The number of amides is 2. The van der Waals surface area contributed by atoms with Crippen LogP contribution in [0.1, 0.15) is 18.1 Å². The highest BCUT2D eigenvalue weighted by Crippen LogP contribution is 2.27. The maximum Gasteiger partial charge on any atom is 0.272 e. The van der Waals surface area contributed by atoms with Crippen LogP contribution in [0.5, 0.6) is 0 Å². The van der Waals surface area contributed by atoms with Gasteiger partial charge in [0, 0.05) is 18.2 Å². The molecule has 2 unspecified atom stereocenters. The zero-order valence-corrected chi connectivity index (χ0v) is 20.1. The molecule has 1 aliphatic rings. The van der Waals surface area contributed by atoms with Crippen LogP contribution in [0.15, 0.2) is 82.7 Å². The van der Waals surface area contributed by atoms with Crippen LogP contribution < -0.4 is 14.9 Å². The number of nitrogens with one attached hydrogen (secondary N) is 2. The number of halogens is 2. The molecule has 0 aliphatic carbocycles. The molecule has 0 bridgehead atoms. The lowest BCUT2D eigenvalue weighted by molar-refractivity contribution is -0.128. The molecule has 11 heteroatoms. The second-order valence-corrected chi connectivity index (χ2v) is 9.77. The Balaban J connectivity index is 1.64. The van der Waals surface area contributed by atoms with Gasteiger partial charge in [0.25, 0.3) is 5.91 Å². The standard InChI is InChI=1S/C25H22F2N4O4S/c1-15(30-36(34,35)21-10-6-4-8-19(21)27)24(32)29-23-25(33)31(2)20-9-5-3-7-18(20)22(28-23)16-11-13-17(26)14-12-16/h3-15,23,30H,1-2H3,(H,29,32). The van der Waals surface area contributed by atoms with Crippen LogP contribution in [0, 0.1) is 11.6 Å². The third kappa shape index (κ3) is 5.02. The molecule has 2 atom stereocenters. The molecule has 0 spiro atoms. The Hall–Kier alpha value is -3.96. The molecule has 0 aromatic heterocycles. The van der Waals surface area contributed by atoms with Crippen LogP contribution in [-0.4, -0.2) is 45.2 Å². The lowest BCUT2D eigenvalue weighted by Crippen LogP contribution is -2.52. The van der Waals surface area contributed by atoms with Crippen molar-refractivity contribution < 1.29 is 26.8 Å². The molecule has 3 aromatic carbocycles. The van der Waals surface area contributed by atoms with Crippen LogP contribution in [0.2, 0.25) is 0 Å². The van der Waals surface area contributed by atoms with Gasteiger partial charge in [0.1, 0.15) is 16.5 Å². The minimum atomic E-state index is -4.36. The highest BCUT2D eigenvalue weighted by atomic mass is 32.2. The molecule has 186 valence electrons.